The first-order valence-corrected chi connectivity index (χ1v) is 4.47. The van der Waals surface area contributed by atoms with Crippen LogP contribution in [0.2, 0.25) is 0 Å². The number of benzene rings is 1. The van der Waals surface area contributed by atoms with Gasteiger partial charge in [-0.25, -0.2) is 8.78 Å². The topological polar surface area (TPSA) is 12.0 Å². The Morgan fingerprint density at radius 1 is 1.06 bits per heavy atom. The second-order valence-electron chi connectivity index (χ2n) is 3.34. The maximum absolute atomic E-state index is 13.9. The Hall–Kier alpha value is -1.17. The Balaban J connectivity index is 3.16. The summed E-state index contributed by atoms with van der Waals surface area (Å²) in [5.74, 6) is -0.710. The zero-order valence-electron chi connectivity index (χ0n) is 8.41. The summed E-state index contributed by atoms with van der Waals surface area (Å²) in [4.78, 5) is 0. The molecule has 0 saturated heterocycles. The number of alkyl halides is 4. The molecular weight excluding hydrogens is 229 g/mol. The maximum Gasteiger partial charge on any atom is 0.428 e. The predicted octanol–water partition coefficient (Wildman–Crippen LogP) is 2.77. The first-order chi connectivity index (χ1) is 7.31. The molecule has 0 heterocycles. The number of likely N-dealkylation sites (N-methyl/N-ethyl adjacent to an activating group) is 1. The van der Waals surface area contributed by atoms with E-state index in [1.54, 1.807) is 0 Å². The summed E-state index contributed by atoms with van der Waals surface area (Å²) in [6.07, 6.45) is -5.05. The molecule has 1 aromatic rings. The van der Waals surface area contributed by atoms with Crippen LogP contribution in [0.5, 0.6) is 0 Å². The van der Waals surface area contributed by atoms with E-state index >= 15 is 0 Å². The highest BCUT2D eigenvalue weighted by molar-refractivity contribution is 5.25. The Labute approximate surface area is 89.3 Å². The maximum atomic E-state index is 13.9. The molecule has 0 aromatic heterocycles. The number of hydrogen-bond acceptors (Lipinski definition) is 1. The molecule has 0 fully saturated rings. The lowest BCUT2D eigenvalue weighted by Gasteiger charge is -2.28. The highest BCUT2D eigenvalue weighted by atomic mass is 19.4. The summed E-state index contributed by atoms with van der Waals surface area (Å²) in [5, 5.41) is 2.14. The van der Waals surface area contributed by atoms with Gasteiger partial charge in [0.2, 0.25) is 5.67 Å². The van der Waals surface area contributed by atoms with Gasteiger partial charge >= 0.3 is 6.18 Å². The van der Waals surface area contributed by atoms with Gasteiger partial charge < -0.3 is 5.32 Å². The average molecular weight is 239 g/mol. The minimum atomic E-state index is -5.05. The van der Waals surface area contributed by atoms with Crippen molar-refractivity contribution >= 4 is 0 Å². The van der Waals surface area contributed by atoms with Crippen molar-refractivity contribution in [1.29, 1.82) is 0 Å². The summed E-state index contributed by atoms with van der Waals surface area (Å²) >= 11 is 0. The lowest BCUT2D eigenvalue weighted by atomic mass is 9.95. The smallest absolute Gasteiger partial charge is 0.316 e. The van der Waals surface area contributed by atoms with Crippen molar-refractivity contribution in [2.45, 2.75) is 11.8 Å². The monoisotopic (exact) mass is 239 g/mol. The van der Waals surface area contributed by atoms with Crippen LogP contribution in [0.3, 0.4) is 0 Å². The quantitative estimate of drug-likeness (QED) is 0.800. The lowest BCUT2D eigenvalue weighted by molar-refractivity contribution is -0.233. The highest BCUT2D eigenvalue weighted by Gasteiger charge is 2.56. The highest BCUT2D eigenvalue weighted by Crippen LogP contribution is 2.42. The van der Waals surface area contributed by atoms with E-state index in [2.05, 4.69) is 5.32 Å². The lowest BCUT2D eigenvalue weighted by Crippen LogP contribution is -2.45. The summed E-state index contributed by atoms with van der Waals surface area (Å²) in [6.45, 7) is -0.915. The number of rotatable bonds is 3. The van der Waals surface area contributed by atoms with Crippen molar-refractivity contribution in [1.82, 2.24) is 5.32 Å². The summed E-state index contributed by atoms with van der Waals surface area (Å²) < 4.78 is 64.1. The molecule has 1 rings (SSSR count). The van der Waals surface area contributed by atoms with Crippen LogP contribution in [-0.2, 0) is 5.67 Å². The van der Waals surface area contributed by atoms with Crippen LogP contribution in [0.1, 0.15) is 5.56 Å². The van der Waals surface area contributed by atoms with Crippen LogP contribution in [0.15, 0.2) is 24.3 Å². The van der Waals surface area contributed by atoms with Gasteiger partial charge in [0.25, 0.3) is 0 Å². The third-order valence-electron chi connectivity index (χ3n) is 2.17. The molecule has 0 spiro atoms. The fourth-order valence-corrected chi connectivity index (χ4v) is 1.32. The minimum absolute atomic E-state index is 0.615. The Morgan fingerprint density at radius 2 is 1.56 bits per heavy atom. The van der Waals surface area contributed by atoms with E-state index in [1.165, 1.54) is 7.05 Å². The first-order valence-electron chi connectivity index (χ1n) is 4.47. The standard InChI is InChI=1S/C10H10F5N/c1-16-6-9(12,10(13,14)15)7-2-4-8(11)5-3-7/h2-5,16H,6H2,1H3. The molecule has 0 amide bonds. The SMILES string of the molecule is CNCC(F)(c1ccc(F)cc1)C(F)(F)F. The predicted molar refractivity (Wildman–Crippen MR) is 49.2 cm³/mol. The third-order valence-corrected chi connectivity index (χ3v) is 2.17. The van der Waals surface area contributed by atoms with E-state index in [4.69, 9.17) is 0 Å². The summed E-state index contributed by atoms with van der Waals surface area (Å²) in [5.41, 5.74) is -4.12. The second kappa shape index (κ2) is 4.37. The van der Waals surface area contributed by atoms with Gasteiger partial charge in [0.05, 0.1) is 0 Å². The van der Waals surface area contributed by atoms with Crippen molar-refractivity contribution in [3.8, 4) is 0 Å². The van der Waals surface area contributed by atoms with Crippen LogP contribution < -0.4 is 5.32 Å². The van der Waals surface area contributed by atoms with E-state index < -0.39 is 29.8 Å². The van der Waals surface area contributed by atoms with E-state index in [1.807, 2.05) is 0 Å². The van der Waals surface area contributed by atoms with Crippen LogP contribution in [0.25, 0.3) is 0 Å². The molecule has 90 valence electrons. The van der Waals surface area contributed by atoms with Crippen LogP contribution >= 0.6 is 0 Å². The summed E-state index contributed by atoms with van der Waals surface area (Å²) in [6, 6.07) is 3.18. The molecular formula is C10H10F5N. The van der Waals surface area contributed by atoms with Crippen molar-refractivity contribution in [2.24, 2.45) is 0 Å². The summed E-state index contributed by atoms with van der Waals surface area (Å²) in [7, 11) is 1.21. The molecule has 0 aliphatic rings. The molecule has 1 nitrogen and oxygen atoms in total. The van der Waals surface area contributed by atoms with Gasteiger partial charge in [-0.05, 0) is 24.7 Å². The van der Waals surface area contributed by atoms with Gasteiger partial charge in [-0.15, -0.1) is 0 Å². The fraction of sp³-hybridized carbons (Fsp3) is 0.400. The van der Waals surface area contributed by atoms with Crippen molar-refractivity contribution in [3.63, 3.8) is 0 Å². The largest absolute Gasteiger partial charge is 0.428 e. The average Bonchev–Trinajstić information content (AvgIpc) is 2.17. The van der Waals surface area contributed by atoms with E-state index in [0.717, 1.165) is 24.3 Å². The number of halogens is 5. The van der Waals surface area contributed by atoms with Gasteiger partial charge in [-0.2, -0.15) is 13.2 Å². The molecule has 1 unspecified atom stereocenters. The zero-order chi connectivity index (χ0) is 12.4. The van der Waals surface area contributed by atoms with E-state index in [-0.39, 0.29) is 0 Å². The molecule has 1 atom stereocenters. The van der Waals surface area contributed by atoms with Crippen LogP contribution in [0.4, 0.5) is 22.0 Å². The second-order valence-corrected chi connectivity index (χ2v) is 3.34. The Kier molecular flexibility index (Phi) is 3.52. The molecule has 0 radical (unpaired) electrons. The molecule has 0 saturated carbocycles. The van der Waals surface area contributed by atoms with Gasteiger partial charge in [-0.1, -0.05) is 12.1 Å². The molecule has 16 heavy (non-hydrogen) atoms. The molecule has 0 bridgehead atoms. The van der Waals surface area contributed by atoms with Crippen molar-refractivity contribution < 1.29 is 22.0 Å². The third kappa shape index (κ3) is 2.32. The Bertz CT molecular complexity index is 345. The van der Waals surface area contributed by atoms with E-state index in [0.29, 0.717) is 0 Å². The molecule has 6 heteroatoms. The first kappa shape index (κ1) is 12.9. The molecule has 1 N–H and O–H groups in total. The minimum Gasteiger partial charge on any atom is -0.316 e. The fourth-order valence-electron chi connectivity index (χ4n) is 1.32. The van der Waals surface area contributed by atoms with E-state index in [9.17, 15) is 22.0 Å². The van der Waals surface area contributed by atoms with Crippen molar-refractivity contribution in [2.75, 3.05) is 13.6 Å². The Morgan fingerprint density at radius 3 is 1.94 bits per heavy atom. The normalized spacial score (nSPS) is 15.9. The number of hydrogen-bond donors (Lipinski definition) is 1. The van der Waals surface area contributed by atoms with Gasteiger partial charge in [-0.3, -0.25) is 0 Å². The molecule has 0 aliphatic carbocycles. The van der Waals surface area contributed by atoms with Crippen LogP contribution in [0, 0.1) is 5.82 Å². The molecule has 0 aliphatic heterocycles. The zero-order valence-corrected chi connectivity index (χ0v) is 8.41. The van der Waals surface area contributed by atoms with Crippen LogP contribution in [-0.4, -0.2) is 19.8 Å². The van der Waals surface area contributed by atoms with Gasteiger partial charge in [0.1, 0.15) is 5.82 Å². The van der Waals surface area contributed by atoms with Gasteiger partial charge in [0.15, 0.2) is 0 Å². The number of nitrogens with one attached hydrogen (secondary N) is 1. The van der Waals surface area contributed by atoms with Crippen molar-refractivity contribution in [3.05, 3.63) is 35.6 Å². The van der Waals surface area contributed by atoms with Gasteiger partial charge in [0, 0.05) is 6.54 Å². The molecule has 1 aromatic carbocycles.